The van der Waals surface area contributed by atoms with E-state index in [-0.39, 0.29) is 0 Å². The van der Waals surface area contributed by atoms with E-state index in [1.165, 1.54) is 206 Å². The van der Waals surface area contributed by atoms with Crippen molar-refractivity contribution in [1.29, 1.82) is 0 Å². The van der Waals surface area contributed by atoms with Crippen molar-refractivity contribution in [3.8, 4) is 0 Å². The van der Waals surface area contributed by atoms with Crippen molar-refractivity contribution in [1.82, 2.24) is 10.2 Å². The molecule has 0 aromatic carbocycles. The van der Waals surface area contributed by atoms with E-state index in [2.05, 4.69) is 30.6 Å². The van der Waals surface area contributed by atoms with E-state index < -0.39 is 0 Å². The molecule has 0 aromatic heterocycles. The van der Waals surface area contributed by atoms with Crippen molar-refractivity contribution in [3.63, 3.8) is 0 Å². The van der Waals surface area contributed by atoms with Crippen LogP contribution in [-0.2, 0) is 0 Å². The Balaban J connectivity index is 3.87. The number of unbranched alkanes of at least 4 members (excludes halogenated alkanes) is 23. The van der Waals surface area contributed by atoms with Gasteiger partial charge < -0.3 is 10.2 Å². The van der Waals surface area contributed by atoms with Crippen molar-refractivity contribution >= 4 is 0 Å². The van der Waals surface area contributed by atoms with Gasteiger partial charge in [0.15, 0.2) is 0 Å². The van der Waals surface area contributed by atoms with E-state index >= 15 is 0 Å². The summed E-state index contributed by atoms with van der Waals surface area (Å²) >= 11 is 0. The van der Waals surface area contributed by atoms with Gasteiger partial charge >= 0.3 is 0 Å². The van der Waals surface area contributed by atoms with E-state index in [9.17, 15) is 0 Å². The summed E-state index contributed by atoms with van der Waals surface area (Å²) in [5.41, 5.74) is 0. The summed E-state index contributed by atoms with van der Waals surface area (Å²) < 4.78 is 0. The van der Waals surface area contributed by atoms with Crippen LogP contribution in [0.3, 0.4) is 0 Å². The summed E-state index contributed by atoms with van der Waals surface area (Å²) in [6, 6.07) is 0. The monoisotopic (exact) mass is 535 g/mol. The number of nitrogens with zero attached hydrogens (tertiary/aromatic N) is 1. The van der Waals surface area contributed by atoms with Crippen LogP contribution in [0, 0.1) is 0 Å². The molecule has 0 fully saturated rings. The lowest BCUT2D eigenvalue weighted by molar-refractivity contribution is 0.256. The van der Waals surface area contributed by atoms with Gasteiger partial charge in [0.25, 0.3) is 0 Å². The molecule has 0 rings (SSSR count). The van der Waals surface area contributed by atoms with E-state index in [1.807, 2.05) is 6.08 Å². The Hall–Kier alpha value is -0.340. The largest absolute Gasteiger partial charge is 0.317 e. The minimum Gasteiger partial charge on any atom is -0.317 e. The summed E-state index contributed by atoms with van der Waals surface area (Å²) in [5.74, 6) is 0. The lowest BCUT2D eigenvalue weighted by atomic mass is 10.1. The molecule has 0 aliphatic rings. The molecule has 0 atom stereocenters. The fraction of sp³-hybridized carbons (Fsp3) is 0.944. The molecule has 0 amide bonds. The molecule has 0 unspecified atom stereocenters. The molecule has 0 aromatic rings. The van der Waals surface area contributed by atoms with Crippen molar-refractivity contribution in [2.24, 2.45) is 0 Å². The van der Waals surface area contributed by atoms with Crippen LogP contribution in [0.2, 0.25) is 0 Å². The van der Waals surface area contributed by atoms with Crippen molar-refractivity contribution in [2.45, 2.75) is 187 Å². The van der Waals surface area contributed by atoms with E-state index in [1.54, 1.807) is 0 Å². The minimum absolute atomic E-state index is 1.17. The Morgan fingerprint density at radius 2 is 0.763 bits per heavy atom. The zero-order valence-corrected chi connectivity index (χ0v) is 26.9. The lowest BCUT2D eigenvalue weighted by Crippen LogP contribution is -2.30. The first-order valence-electron chi connectivity index (χ1n) is 17.9. The fourth-order valence-corrected chi connectivity index (χ4v) is 5.60. The molecule has 0 spiro atoms. The third kappa shape index (κ3) is 31.9. The highest BCUT2D eigenvalue weighted by Gasteiger charge is 2.05. The molecule has 2 heteroatoms. The summed E-state index contributed by atoms with van der Waals surface area (Å²) in [5, 5.41) is 3.69. The molecular formula is C36H74N2. The molecule has 0 saturated heterocycles. The molecule has 0 bridgehead atoms. The quantitative estimate of drug-likeness (QED) is 0.0652. The topological polar surface area (TPSA) is 15.3 Å². The number of hydrogen-bond acceptors (Lipinski definition) is 2. The van der Waals surface area contributed by atoms with Gasteiger partial charge in [-0.05, 0) is 71.2 Å². The van der Waals surface area contributed by atoms with Gasteiger partial charge in [-0.3, -0.25) is 0 Å². The second-order valence-electron chi connectivity index (χ2n) is 12.2. The molecule has 38 heavy (non-hydrogen) atoms. The number of hydrogen-bond donors (Lipinski definition) is 1. The van der Waals surface area contributed by atoms with Gasteiger partial charge in [-0.15, -0.1) is 6.58 Å². The van der Waals surface area contributed by atoms with Gasteiger partial charge in [0.1, 0.15) is 0 Å². The van der Waals surface area contributed by atoms with Crippen molar-refractivity contribution < 1.29 is 0 Å². The molecule has 2 nitrogen and oxygen atoms in total. The van der Waals surface area contributed by atoms with Gasteiger partial charge in [0.05, 0.1) is 0 Å². The van der Waals surface area contributed by atoms with Gasteiger partial charge in [0.2, 0.25) is 0 Å². The van der Waals surface area contributed by atoms with Crippen LogP contribution in [-0.4, -0.2) is 37.6 Å². The van der Waals surface area contributed by atoms with Crippen LogP contribution in [0.4, 0.5) is 0 Å². The molecule has 0 heterocycles. The van der Waals surface area contributed by atoms with Gasteiger partial charge in [-0.2, -0.15) is 0 Å². The van der Waals surface area contributed by atoms with E-state index in [4.69, 9.17) is 0 Å². The zero-order valence-electron chi connectivity index (χ0n) is 26.9. The zero-order chi connectivity index (χ0) is 27.6. The Labute approximate surface area is 242 Å². The SMILES string of the molecule is C=CCCCCCNCCCN(CCCCCCCCCCCCC)CCCCCCCCCCCCC. The van der Waals surface area contributed by atoms with E-state index in [0.29, 0.717) is 0 Å². The Bertz CT molecular complexity index is 396. The maximum atomic E-state index is 3.82. The predicted molar refractivity (Wildman–Crippen MR) is 176 cm³/mol. The Morgan fingerprint density at radius 1 is 0.421 bits per heavy atom. The molecule has 0 saturated carbocycles. The maximum Gasteiger partial charge on any atom is -0.000664 e. The van der Waals surface area contributed by atoms with Gasteiger partial charge in [-0.25, -0.2) is 0 Å². The second-order valence-corrected chi connectivity index (χ2v) is 12.2. The standard InChI is InChI=1S/C36H74N2/c1-4-7-10-13-15-17-19-21-23-26-29-34-38(36-31-33-37-32-28-25-12-9-6-3)35-30-27-24-22-20-18-16-14-11-8-5-2/h6,37H,3-5,7-36H2,1-2H3. The molecule has 0 radical (unpaired) electrons. The molecule has 0 aliphatic carbocycles. The smallest absolute Gasteiger partial charge is 0.000664 e. The Kier molecular flexibility index (Phi) is 34.4. The maximum absolute atomic E-state index is 3.82. The molecule has 228 valence electrons. The first-order valence-corrected chi connectivity index (χ1v) is 17.9. The third-order valence-corrected chi connectivity index (χ3v) is 8.25. The number of allylic oxidation sites excluding steroid dienone is 1. The molecular weight excluding hydrogens is 460 g/mol. The van der Waals surface area contributed by atoms with Crippen LogP contribution >= 0.6 is 0 Å². The second kappa shape index (κ2) is 34.7. The average molecular weight is 535 g/mol. The van der Waals surface area contributed by atoms with E-state index in [0.717, 1.165) is 0 Å². The van der Waals surface area contributed by atoms with Crippen LogP contribution in [0.1, 0.15) is 187 Å². The lowest BCUT2D eigenvalue weighted by Gasteiger charge is -2.22. The third-order valence-electron chi connectivity index (χ3n) is 8.25. The molecule has 0 aliphatic heterocycles. The normalized spacial score (nSPS) is 11.6. The van der Waals surface area contributed by atoms with Crippen LogP contribution < -0.4 is 5.32 Å². The van der Waals surface area contributed by atoms with Crippen LogP contribution in [0.5, 0.6) is 0 Å². The minimum atomic E-state index is 1.17. The summed E-state index contributed by atoms with van der Waals surface area (Å²) in [6.45, 7) is 14.8. The summed E-state index contributed by atoms with van der Waals surface area (Å²) in [6.07, 6.45) is 40.2. The van der Waals surface area contributed by atoms with Crippen molar-refractivity contribution in [2.75, 3.05) is 32.7 Å². The molecule has 1 N–H and O–H groups in total. The highest BCUT2D eigenvalue weighted by atomic mass is 15.1. The van der Waals surface area contributed by atoms with Crippen LogP contribution in [0.25, 0.3) is 0 Å². The summed E-state index contributed by atoms with van der Waals surface area (Å²) in [7, 11) is 0. The number of nitrogens with one attached hydrogen (secondary N) is 1. The van der Waals surface area contributed by atoms with Gasteiger partial charge in [-0.1, -0.05) is 155 Å². The van der Waals surface area contributed by atoms with Crippen molar-refractivity contribution in [3.05, 3.63) is 12.7 Å². The summed E-state index contributed by atoms with van der Waals surface area (Å²) in [4.78, 5) is 2.80. The predicted octanol–water partition coefficient (Wildman–Crippen LogP) is 11.6. The highest BCUT2D eigenvalue weighted by molar-refractivity contribution is 4.66. The number of rotatable bonds is 34. The average Bonchev–Trinajstić information content (AvgIpc) is 2.93. The first-order chi connectivity index (χ1) is 18.8. The Morgan fingerprint density at radius 3 is 1.18 bits per heavy atom. The first kappa shape index (κ1) is 37.7. The van der Waals surface area contributed by atoms with Gasteiger partial charge in [0, 0.05) is 0 Å². The van der Waals surface area contributed by atoms with Crippen LogP contribution in [0.15, 0.2) is 12.7 Å². The fourth-order valence-electron chi connectivity index (χ4n) is 5.60. The highest BCUT2D eigenvalue weighted by Crippen LogP contribution is 2.13.